The molecule has 0 aromatic heterocycles. The van der Waals surface area contributed by atoms with Gasteiger partial charge in [-0.1, -0.05) is 52.3 Å². The van der Waals surface area contributed by atoms with Crippen LogP contribution >= 0.6 is 15.9 Å². The van der Waals surface area contributed by atoms with E-state index in [4.69, 9.17) is 0 Å². The molecule has 1 nitrogen and oxygen atoms in total. The van der Waals surface area contributed by atoms with Gasteiger partial charge >= 0.3 is 0 Å². The SMILES string of the molecule is Brc1cccc(CCN2C[C@@H]3CC[C@H]2Cc2ccccc2C3)c1. The molecule has 2 heteroatoms. The Morgan fingerprint density at radius 3 is 2.61 bits per heavy atom. The Labute approximate surface area is 147 Å². The molecule has 2 aliphatic heterocycles. The summed E-state index contributed by atoms with van der Waals surface area (Å²) in [5.41, 5.74) is 4.64. The van der Waals surface area contributed by atoms with E-state index in [9.17, 15) is 0 Å². The van der Waals surface area contributed by atoms with E-state index in [1.165, 1.54) is 48.8 Å². The van der Waals surface area contributed by atoms with Gasteiger partial charge in [0.1, 0.15) is 0 Å². The van der Waals surface area contributed by atoms with Crippen LogP contribution in [0.3, 0.4) is 0 Å². The molecule has 23 heavy (non-hydrogen) atoms. The summed E-state index contributed by atoms with van der Waals surface area (Å²) >= 11 is 3.59. The summed E-state index contributed by atoms with van der Waals surface area (Å²) in [7, 11) is 0. The summed E-state index contributed by atoms with van der Waals surface area (Å²) in [6, 6.07) is 18.6. The number of hydrogen-bond acceptors (Lipinski definition) is 1. The summed E-state index contributed by atoms with van der Waals surface area (Å²) in [5.74, 6) is 0.843. The van der Waals surface area contributed by atoms with Crippen molar-refractivity contribution in [3.8, 4) is 0 Å². The molecular formula is C21H24BrN. The van der Waals surface area contributed by atoms with Crippen molar-refractivity contribution in [2.75, 3.05) is 13.1 Å². The van der Waals surface area contributed by atoms with E-state index in [0.29, 0.717) is 0 Å². The number of benzene rings is 2. The van der Waals surface area contributed by atoms with Gasteiger partial charge in [0.2, 0.25) is 0 Å². The molecule has 0 saturated carbocycles. The van der Waals surface area contributed by atoms with Crippen LogP contribution in [0.2, 0.25) is 0 Å². The quantitative estimate of drug-likeness (QED) is 0.745. The zero-order chi connectivity index (χ0) is 15.6. The highest BCUT2D eigenvalue weighted by Gasteiger charge is 2.31. The van der Waals surface area contributed by atoms with Crippen molar-refractivity contribution in [1.29, 1.82) is 0 Å². The Morgan fingerprint density at radius 2 is 1.78 bits per heavy atom. The molecule has 2 atom stereocenters. The third-order valence-corrected chi connectivity index (χ3v) is 6.07. The van der Waals surface area contributed by atoms with E-state index < -0.39 is 0 Å². The minimum Gasteiger partial charge on any atom is -0.299 e. The molecule has 0 amide bonds. The average molecular weight is 370 g/mol. The van der Waals surface area contributed by atoms with Crippen LogP contribution in [0.25, 0.3) is 0 Å². The Hall–Kier alpha value is -1.12. The van der Waals surface area contributed by atoms with Crippen LogP contribution in [0.4, 0.5) is 0 Å². The van der Waals surface area contributed by atoms with Crippen LogP contribution < -0.4 is 0 Å². The van der Waals surface area contributed by atoms with Crippen LogP contribution in [0.5, 0.6) is 0 Å². The van der Waals surface area contributed by atoms with Gasteiger partial charge in [0.15, 0.2) is 0 Å². The van der Waals surface area contributed by atoms with Gasteiger partial charge in [0.05, 0.1) is 0 Å². The topological polar surface area (TPSA) is 3.24 Å². The molecule has 0 spiro atoms. The molecule has 1 saturated heterocycles. The third-order valence-electron chi connectivity index (χ3n) is 5.58. The predicted molar refractivity (Wildman–Crippen MR) is 99.8 cm³/mol. The molecule has 1 aliphatic carbocycles. The number of hydrogen-bond donors (Lipinski definition) is 0. The van der Waals surface area contributed by atoms with Crippen molar-refractivity contribution in [1.82, 2.24) is 4.90 Å². The summed E-state index contributed by atoms with van der Waals surface area (Å²) in [5, 5.41) is 0. The molecule has 1 fully saturated rings. The molecule has 2 bridgehead atoms. The summed E-state index contributed by atoms with van der Waals surface area (Å²) in [4.78, 5) is 2.77. The number of fused-ring (bicyclic) bond motifs is 2. The molecule has 5 rings (SSSR count). The molecule has 2 aromatic carbocycles. The number of nitrogens with zero attached hydrogens (tertiary/aromatic N) is 1. The molecule has 0 N–H and O–H groups in total. The fourth-order valence-corrected chi connectivity index (χ4v) is 4.79. The smallest absolute Gasteiger partial charge is 0.0178 e. The van der Waals surface area contributed by atoms with E-state index in [2.05, 4.69) is 69.4 Å². The first-order valence-corrected chi connectivity index (χ1v) is 9.62. The maximum atomic E-state index is 3.59. The fraction of sp³-hybridized carbons (Fsp3) is 0.429. The highest BCUT2D eigenvalue weighted by atomic mass is 79.9. The fourth-order valence-electron chi connectivity index (χ4n) is 4.34. The van der Waals surface area contributed by atoms with Crippen molar-refractivity contribution in [2.45, 2.75) is 38.1 Å². The Morgan fingerprint density at radius 1 is 0.957 bits per heavy atom. The molecular weight excluding hydrogens is 346 g/mol. The van der Waals surface area contributed by atoms with Crippen molar-refractivity contribution < 1.29 is 0 Å². The van der Waals surface area contributed by atoms with Crippen molar-refractivity contribution in [3.63, 3.8) is 0 Å². The lowest BCUT2D eigenvalue weighted by Crippen LogP contribution is -2.47. The molecule has 0 unspecified atom stereocenters. The third kappa shape index (κ3) is 3.54. The zero-order valence-corrected chi connectivity index (χ0v) is 15.1. The second-order valence-corrected chi connectivity index (χ2v) is 8.06. The van der Waals surface area contributed by atoms with Crippen molar-refractivity contribution >= 4 is 15.9 Å². The highest BCUT2D eigenvalue weighted by Crippen LogP contribution is 2.32. The zero-order valence-electron chi connectivity index (χ0n) is 13.5. The van der Waals surface area contributed by atoms with Gasteiger partial charge in [-0.05, 0) is 66.8 Å². The first-order valence-electron chi connectivity index (χ1n) is 8.83. The molecule has 3 aliphatic rings. The van der Waals surface area contributed by atoms with Gasteiger partial charge in [-0.25, -0.2) is 0 Å². The van der Waals surface area contributed by atoms with Gasteiger partial charge < -0.3 is 0 Å². The van der Waals surface area contributed by atoms with E-state index in [-0.39, 0.29) is 0 Å². The average Bonchev–Trinajstić information content (AvgIpc) is 2.53. The van der Waals surface area contributed by atoms with Gasteiger partial charge in [-0.3, -0.25) is 4.90 Å². The minimum atomic E-state index is 0.736. The largest absolute Gasteiger partial charge is 0.299 e. The molecule has 120 valence electrons. The summed E-state index contributed by atoms with van der Waals surface area (Å²) < 4.78 is 1.19. The van der Waals surface area contributed by atoms with Crippen LogP contribution in [0, 0.1) is 5.92 Å². The number of halogens is 1. The normalized spacial score (nSPS) is 24.0. The first kappa shape index (κ1) is 15.4. The van der Waals surface area contributed by atoms with Crippen LogP contribution in [0.15, 0.2) is 53.0 Å². The van der Waals surface area contributed by atoms with Gasteiger partial charge in [0, 0.05) is 23.6 Å². The van der Waals surface area contributed by atoms with Gasteiger partial charge in [-0.2, -0.15) is 0 Å². The lowest BCUT2D eigenvalue weighted by molar-refractivity contribution is 0.102. The number of rotatable bonds is 3. The Bertz CT molecular complexity index is 681. The predicted octanol–water partition coefficient (Wildman–Crippen LogP) is 4.87. The van der Waals surface area contributed by atoms with E-state index in [0.717, 1.165) is 18.4 Å². The summed E-state index contributed by atoms with van der Waals surface area (Å²) in [6.07, 6.45) is 6.45. The lowest BCUT2D eigenvalue weighted by Gasteiger charge is -2.42. The molecule has 0 radical (unpaired) electrons. The van der Waals surface area contributed by atoms with Crippen molar-refractivity contribution in [2.24, 2.45) is 5.92 Å². The Balaban J connectivity index is 1.48. The molecule has 2 heterocycles. The Kier molecular flexibility index (Phi) is 4.54. The summed E-state index contributed by atoms with van der Waals surface area (Å²) in [6.45, 7) is 2.48. The molecule has 2 aromatic rings. The van der Waals surface area contributed by atoms with Gasteiger partial charge in [-0.15, -0.1) is 0 Å². The van der Waals surface area contributed by atoms with E-state index in [1.807, 2.05) is 0 Å². The minimum absolute atomic E-state index is 0.736. The van der Waals surface area contributed by atoms with Crippen molar-refractivity contribution in [3.05, 3.63) is 69.7 Å². The standard InChI is InChI=1S/C21H24BrN/c22-20-7-3-4-16(13-20)10-11-23-15-17-8-9-21(23)14-19-6-2-1-5-18(19)12-17/h1-7,13,17,21H,8-12,14-15H2/t17-,21+/m1/s1. The second kappa shape index (κ2) is 6.78. The van der Waals surface area contributed by atoms with Gasteiger partial charge in [0.25, 0.3) is 0 Å². The van der Waals surface area contributed by atoms with E-state index in [1.54, 1.807) is 11.1 Å². The maximum Gasteiger partial charge on any atom is 0.0178 e. The second-order valence-electron chi connectivity index (χ2n) is 7.15. The number of piperidine rings is 1. The van der Waals surface area contributed by atoms with E-state index >= 15 is 0 Å². The van der Waals surface area contributed by atoms with Crippen LogP contribution in [-0.2, 0) is 19.3 Å². The maximum absolute atomic E-state index is 3.59. The van der Waals surface area contributed by atoms with Crippen LogP contribution in [-0.4, -0.2) is 24.0 Å². The lowest BCUT2D eigenvalue weighted by atomic mass is 9.80. The highest BCUT2D eigenvalue weighted by molar-refractivity contribution is 9.10. The first-order chi connectivity index (χ1) is 11.3. The monoisotopic (exact) mass is 369 g/mol. The van der Waals surface area contributed by atoms with Crippen LogP contribution in [0.1, 0.15) is 29.5 Å².